The Hall–Kier alpha value is -2.78. The first-order valence-electron chi connectivity index (χ1n) is 10.7. The molecule has 0 unspecified atom stereocenters. The van der Waals surface area contributed by atoms with E-state index < -0.39 is 9.84 Å². The highest BCUT2D eigenvalue weighted by Gasteiger charge is 2.24. The minimum atomic E-state index is -3.60. The second kappa shape index (κ2) is 11.2. The van der Waals surface area contributed by atoms with Gasteiger partial charge in [-0.2, -0.15) is 4.68 Å². The Morgan fingerprint density at radius 3 is 2.41 bits per heavy atom. The van der Waals surface area contributed by atoms with Crippen LogP contribution in [0.3, 0.4) is 0 Å². The van der Waals surface area contributed by atoms with E-state index in [0.29, 0.717) is 31.2 Å². The van der Waals surface area contributed by atoms with Gasteiger partial charge in [-0.1, -0.05) is 49.3 Å². The summed E-state index contributed by atoms with van der Waals surface area (Å²) < 4.78 is 38.0. The van der Waals surface area contributed by atoms with Gasteiger partial charge in [-0.15, -0.1) is 0 Å². The van der Waals surface area contributed by atoms with E-state index in [1.807, 2.05) is 42.5 Å². The van der Waals surface area contributed by atoms with Crippen LogP contribution in [0, 0.1) is 11.8 Å². The molecule has 3 aromatic rings. The van der Waals surface area contributed by atoms with Crippen LogP contribution in [0.4, 0.5) is 0 Å². The molecule has 0 radical (unpaired) electrons. The Morgan fingerprint density at radius 2 is 1.72 bits per heavy atom. The van der Waals surface area contributed by atoms with Gasteiger partial charge in [0, 0.05) is 6.61 Å². The minimum absolute atomic E-state index is 0.000793. The molecular weight excluding hydrogens is 428 g/mol. The number of ether oxygens (including phenoxy) is 2. The fourth-order valence-electron chi connectivity index (χ4n) is 3.52. The summed E-state index contributed by atoms with van der Waals surface area (Å²) in [7, 11) is -1.96. The maximum atomic E-state index is 12.9. The molecule has 0 fully saturated rings. The lowest BCUT2D eigenvalue weighted by molar-refractivity contribution is 0.0846. The molecule has 8 nitrogen and oxygen atoms in total. The number of hydrogen-bond acceptors (Lipinski definition) is 7. The first kappa shape index (κ1) is 23.9. The molecular formula is C23H30N4O4S. The van der Waals surface area contributed by atoms with Crippen LogP contribution in [0.5, 0.6) is 5.75 Å². The lowest BCUT2D eigenvalue weighted by Gasteiger charge is -2.17. The summed E-state index contributed by atoms with van der Waals surface area (Å²) in [6.45, 7) is 5.35. The van der Waals surface area contributed by atoms with Crippen LogP contribution >= 0.6 is 0 Å². The molecule has 3 rings (SSSR count). The van der Waals surface area contributed by atoms with E-state index in [-0.39, 0.29) is 16.8 Å². The van der Waals surface area contributed by atoms with Gasteiger partial charge >= 0.3 is 0 Å². The molecule has 0 aliphatic carbocycles. The zero-order chi connectivity index (χ0) is 23.0. The van der Waals surface area contributed by atoms with E-state index in [4.69, 9.17) is 9.47 Å². The van der Waals surface area contributed by atoms with Gasteiger partial charge in [0.15, 0.2) is 0 Å². The summed E-state index contributed by atoms with van der Waals surface area (Å²) in [5, 5.41) is 11.1. The maximum absolute atomic E-state index is 12.9. The minimum Gasteiger partial charge on any atom is -0.497 e. The van der Waals surface area contributed by atoms with Gasteiger partial charge in [0.25, 0.3) is 5.16 Å². The molecule has 0 aliphatic heterocycles. The summed E-state index contributed by atoms with van der Waals surface area (Å²) in [4.78, 5) is 0. The standard InChI is InChI=1S/C23H30N4O4S/c1-18(15-19(2)16-31-17-20-9-11-22(30-3)12-10-20)13-14-32(28,29)23-24-25-26-27(23)21-7-5-4-6-8-21/h4-12,18-19H,13-17H2,1-3H3/t18-,19-/m1/s1. The lowest BCUT2D eigenvalue weighted by Crippen LogP contribution is -2.17. The highest BCUT2D eigenvalue weighted by atomic mass is 32.2. The van der Waals surface area contributed by atoms with Crippen molar-refractivity contribution in [1.82, 2.24) is 20.2 Å². The molecule has 0 saturated carbocycles. The normalized spacial score (nSPS) is 13.6. The molecule has 1 heterocycles. The molecule has 0 saturated heterocycles. The van der Waals surface area contributed by atoms with E-state index >= 15 is 0 Å². The predicted octanol–water partition coefficient (Wildman–Crippen LogP) is 3.71. The van der Waals surface area contributed by atoms with Crippen molar-refractivity contribution in [2.45, 2.75) is 38.5 Å². The average Bonchev–Trinajstić information content (AvgIpc) is 3.30. The Kier molecular flexibility index (Phi) is 8.35. The number of tetrazole rings is 1. The van der Waals surface area contributed by atoms with Crippen LogP contribution in [0.15, 0.2) is 59.8 Å². The van der Waals surface area contributed by atoms with Crippen molar-refractivity contribution in [1.29, 1.82) is 0 Å². The van der Waals surface area contributed by atoms with Crippen molar-refractivity contribution in [2.75, 3.05) is 19.5 Å². The zero-order valence-corrected chi connectivity index (χ0v) is 19.5. The number of aromatic nitrogens is 4. The SMILES string of the molecule is COc1ccc(COC[C@H](C)C[C@H](C)CCS(=O)(=O)c2nnnn2-c2ccccc2)cc1. The first-order valence-corrected chi connectivity index (χ1v) is 12.3. The van der Waals surface area contributed by atoms with Gasteiger partial charge in [-0.25, -0.2) is 8.42 Å². The predicted molar refractivity (Wildman–Crippen MR) is 121 cm³/mol. The van der Waals surface area contributed by atoms with E-state index in [9.17, 15) is 8.42 Å². The highest BCUT2D eigenvalue weighted by molar-refractivity contribution is 7.91. The molecule has 9 heteroatoms. The van der Waals surface area contributed by atoms with Crippen LogP contribution in [0.1, 0.15) is 32.3 Å². The first-order chi connectivity index (χ1) is 15.4. The van der Waals surface area contributed by atoms with Crippen molar-refractivity contribution >= 4 is 9.84 Å². The van der Waals surface area contributed by atoms with Gasteiger partial charge in [0.05, 0.1) is 25.2 Å². The van der Waals surface area contributed by atoms with E-state index in [1.165, 1.54) is 4.68 Å². The van der Waals surface area contributed by atoms with Gasteiger partial charge in [-0.3, -0.25) is 0 Å². The molecule has 0 amide bonds. The second-order valence-electron chi connectivity index (χ2n) is 8.13. The topological polar surface area (TPSA) is 96.2 Å². The Bertz CT molecular complexity index is 1070. The molecule has 32 heavy (non-hydrogen) atoms. The third-order valence-corrected chi connectivity index (χ3v) is 6.82. The lowest BCUT2D eigenvalue weighted by atomic mass is 9.96. The Labute approximate surface area is 189 Å². The fourth-order valence-corrected chi connectivity index (χ4v) is 4.99. The number of methoxy groups -OCH3 is 1. The van der Waals surface area contributed by atoms with Crippen molar-refractivity contribution in [2.24, 2.45) is 11.8 Å². The zero-order valence-electron chi connectivity index (χ0n) is 18.7. The van der Waals surface area contributed by atoms with Gasteiger partial charge in [0.2, 0.25) is 9.84 Å². The van der Waals surface area contributed by atoms with Crippen LogP contribution in [0.25, 0.3) is 5.69 Å². The molecule has 172 valence electrons. The monoisotopic (exact) mass is 458 g/mol. The average molecular weight is 459 g/mol. The van der Waals surface area contributed by atoms with Crippen molar-refractivity contribution < 1.29 is 17.9 Å². The van der Waals surface area contributed by atoms with Crippen LogP contribution < -0.4 is 4.74 Å². The van der Waals surface area contributed by atoms with Gasteiger partial charge < -0.3 is 9.47 Å². The van der Waals surface area contributed by atoms with Crippen molar-refractivity contribution in [3.05, 3.63) is 60.2 Å². The van der Waals surface area contributed by atoms with Crippen LogP contribution in [-0.4, -0.2) is 48.1 Å². The number of rotatable bonds is 12. The Balaban J connectivity index is 1.45. The number of hydrogen-bond donors (Lipinski definition) is 0. The summed E-state index contributed by atoms with van der Waals surface area (Å²) in [5.41, 5.74) is 1.71. The van der Waals surface area contributed by atoms with Crippen molar-refractivity contribution in [3.63, 3.8) is 0 Å². The summed E-state index contributed by atoms with van der Waals surface area (Å²) >= 11 is 0. The highest BCUT2D eigenvalue weighted by Crippen LogP contribution is 2.20. The van der Waals surface area contributed by atoms with Crippen molar-refractivity contribution in [3.8, 4) is 11.4 Å². The number of para-hydroxylation sites is 1. The third-order valence-electron chi connectivity index (χ3n) is 5.23. The molecule has 2 aromatic carbocycles. The summed E-state index contributed by atoms with van der Waals surface area (Å²) in [6.07, 6.45) is 1.41. The quantitative estimate of drug-likeness (QED) is 0.408. The summed E-state index contributed by atoms with van der Waals surface area (Å²) in [6, 6.07) is 16.8. The largest absolute Gasteiger partial charge is 0.497 e. The van der Waals surface area contributed by atoms with Gasteiger partial charge in [-0.05, 0) is 64.9 Å². The smallest absolute Gasteiger partial charge is 0.272 e. The number of sulfone groups is 1. The van der Waals surface area contributed by atoms with E-state index in [0.717, 1.165) is 17.7 Å². The van der Waals surface area contributed by atoms with Crippen LogP contribution in [-0.2, 0) is 21.2 Å². The fraction of sp³-hybridized carbons (Fsp3) is 0.435. The molecule has 0 aliphatic rings. The molecule has 0 bridgehead atoms. The molecule has 0 spiro atoms. The maximum Gasteiger partial charge on any atom is 0.272 e. The third kappa shape index (κ3) is 6.61. The van der Waals surface area contributed by atoms with E-state index in [2.05, 4.69) is 29.4 Å². The molecule has 1 aromatic heterocycles. The molecule has 2 atom stereocenters. The molecule has 0 N–H and O–H groups in total. The Morgan fingerprint density at radius 1 is 1.00 bits per heavy atom. The van der Waals surface area contributed by atoms with Crippen LogP contribution in [0.2, 0.25) is 0 Å². The summed E-state index contributed by atoms with van der Waals surface area (Å²) in [5.74, 6) is 1.37. The number of nitrogens with zero attached hydrogens (tertiary/aromatic N) is 4. The van der Waals surface area contributed by atoms with E-state index in [1.54, 1.807) is 19.2 Å². The second-order valence-corrected chi connectivity index (χ2v) is 10.1. The number of benzene rings is 2. The van der Waals surface area contributed by atoms with Gasteiger partial charge in [0.1, 0.15) is 5.75 Å².